The van der Waals surface area contributed by atoms with Crippen molar-refractivity contribution in [3.63, 3.8) is 0 Å². The molecular weight excluding hydrogens is 378 g/mol. The third-order valence-electron chi connectivity index (χ3n) is 5.18. The van der Waals surface area contributed by atoms with Crippen molar-refractivity contribution in [1.29, 1.82) is 0 Å². The molecule has 2 N–H and O–H groups in total. The number of nitrogens with one attached hydrogen (secondary N) is 2. The second-order valence-electron chi connectivity index (χ2n) is 7.38. The molecule has 2 aromatic carbocycles. The van der Waals surface area contributed by atoms with Crippen molar-refractivity contribution in [2.75, 3.05) is 19.5 Å². The van der Waals surface area contributed by atoms with Gasteiger partial charge in [0.15, 0.2) is 0 Å². The van der Waals surface area contributed by atoms with Gasteiger partial charge in [0.05, 0.1) is 26.5 Å². The van der Waals surface area contributed by atoms with Gasteiger partial charge in [-0.15, -0.1) is 0 Å². The lowest BCUT2D eigenvalue weighted by atomic mass is 10.00. The molecule has 0 spiro atoms. The quantitative estimate of drug-likeness (QED) is 0.591. The van der Waals surface area contributed by atoms with E-state index in [-0.39, 0.29) is 6.03 Å². The number of hydrogen-bond donors (Lipinski definition) is 2. The van der Waals surface area contributed by atoms with Crippen molar-refractivity contribution in [3.8, 4) is 11.5 Å². The predicted octanol–water partition coefficient (Wildman–Crippen LogP) is 4.80. The molecule has 158 valence electrons. The van der Waals surface area contributed by atoms with Crippen LogP contribution >= 0.6 is 0 Å². The zero-order valence-electron chi connectivity index (χ0n) is 18.2. The van der Waals surface area contributed by atoms with Crippen molar-refractivity contribution in [2.24, 2.45) is 0 Å². The highest BCUT2D eigenvalue weighted by Crippen LogP contribution is 2.28. The van der Waals surface area contributed by atoms with Gasteiger partial charge in [-0.2, -0.15) is 0 Å². The van der Waals surface area contributed by atoms with Gasteiger partial charge in [0.2, 0.25) is 0 Å². The highest BCUT2D eigenvalue weighted by Gasteiger charge is 2.11. The van der Waals surface area contributed by atoms with Crippen LogP contribution in [0.15, 0.2) is 48.7 Å². The van der Waals surface area contributed by atoms with Crippen molar-refractivity contribution < 1.29 is 14.3 Å². The molecule has 0 aliphatic rings. The third kappa shape index (κ3) is 4.95. The van der Waals surface area contributed by atoms with Gasteiger partial charge >= 0.3 is 6.03 Å². The molecule has 0 fully saturated rings. The maximum Gasteiger partial charge on any atom is 0.319 e. The van der Waals surface area contributed by atoms with E-state index in [1.54, 1.807) is 32.4 Å². The first-order chi connectivity index (χ1) is 14.4. The number of rotatable bonds is 7. The van der Waals surface area contributed by atoms with E-state index >= 15 is 0 Å². The highest BCUT2D eigenvalue weighted by atomic mass is 16.5. The van der Waals surface area contributed by atoms with Crippen LogP contribution in [0.25, 0.3) is 0 Å². The van der Waals surface area contributed by atoms with Gasteiger partial charge in [0.25, 0.3) is 0 Å². The molecule has 0 radical (unpaired) electrons. The highest BCUT2D eigenvalue weighted by molar-refractivity contribution is 5.91. The summed E-state index contributed by atoms with van der Waals surface area (Å²) in [6.07, 6.45) is 2.04. The van der Waals surface area contributed by atoms with Crippen LogP contribution in [0.2, 0.25) is 0 Å². The third-order valence-corrected chi connectivity index (χ3v) is 5.18. The zero-order chi connectivity index (χ0) is 21.7. The Morgan fingerprint density at radius 1 is 1.00 bits per heavy atom. The maximum absolute atomic E-state index is 12.4. The van der Waals surface area contributed by atoms with E-state index in [4.69, 9.17) is 9.47 Å². The van der Waals surface area contributed by atoms with Crippen LogP contribution in [0.3, 0.4) is 0 Å². The van der Waals surface area contributed by atoms with E-state index in [2.05, 4.69) is 48.1 Å². The molecule has 2 amide bonds. The number of hydrogen-bond acceptors (Lipinski definition) is 3. The smallest absolute Gasteiger partial charge is 0.319 e. The molecular formula is C24H29N3O3. The van der Waals surface area contributed by atoms with Crippen molar-refractivity contribution in [2.45, 2.75) is 33.9 Å². The molecule has 0 atom stereocenters. The van der Waals surface area contributed by atoms with Crippen LogP contribution < -0.4 is 20.1 Å². The number of amides is 2. The number of urea groups is 1. The van der Waals surface area contributed by atoms with Crippen LogP contribution in [0.4, 0.5) is 10.5 Å². The van der Waals surface area contributed by atoms with Crippen molar-refractivity contribution >= 4 is 11.7 Å². The molecule has 0 saturated heterocycles. The summed E-state index contributed by atoms with van der Waals surface area (Å²) in [5, 5.41) is 5.75. The number of nitrogens with zero attached hydrogens (tertiary/aromatic N) is 1. The van der Waals surface area contributed by atoms with Gasteiger partial charge in [-0.1, -0.05) is 17.7 Å². The topological polar surface area (TPSA) is 64.5 Å². The lowest BCUT2D eigenvalue weighted by Gasteiger charge is -2.16. The minimum atomic E-state index is -0.297. The van der Waals surface area contributed by atoms with E-state index in [9.17, 15) is 4.79 Å². The predicted molar refractivity (Wildman–Crippen MR) is 120 cm³/mol. The molecule has 0 aliphatic heterocycles. The monoisotopic (exact) mass is 407 g/mol. The lowest BCUT2D eigenvalue weighted by Crippen LogP contribution is -2.29. The van der Waals surface area contributed by atoms with E-state index in [1.807, 2.05) is 18.3 Å². The summed E-state index contributed by atoms with van der Waals surface area (Å²) in [7, 11) is 3.14. The molecule has 0 bridgehead atoms. The molecule has 30 heavy (non-hydrogen) atoms. The van der Waals surface area contributed by atoms with Gasteiger partial charge in [-0.05, 0) is 61.7 Å². The SMILES string of the molecule is COc1ccc(NC(=O)NCc2cccn2Cc2c(C)cc(C)cc2C)c(OC)c1. The fourth-order valence-electron chi connectivity index (χ4n) is 3.63. The first-order valence-corrected chi connectivity index (χ1v) is 9.89. The van der Waals surface area contributed by atoms with E-state index in [0.717, 1.165) is 12.2 Å². The van der Waals surface area contributed by atoms with E-state index in [1.165, 1.54) is 22.3 Å². The number of benzene rings is 2. The average molecular weight is 408 g/mol. The first-order valence-electron chi connectivity index (χ1n) is 9.89. The number of ether oxygens (including phenoxy) is 2. The fraction of sp³-hybridized carbons (Fsp3) is 0.292. The minimum absolute atomic E-state index is 0.297. The van der Waals surface area contributed by atoms with E-state index < -0.39 is 0 Å². The Hall–Kier alpha value is -3.41. The Kier molecular flexibility index (Phi) is 6.67. The van der Waals surface area contributed by atoms with Gasteiger partial charge in [0, 0.05) is 24.5 Å². The average Bonchev–Trinajstić information content (AvgIpc) is 3.16. The summed E-state index contributed by atoms with van der Waals surface area (Å²) in [6.45, 7) is 7.60. The Balaban J connectivity index is 1.65. The molecule has 6 heteroatoms. The minimum Gasteiger partial charge on any atom is -0.497 e. The van der Waals surface area contributed by atoms with Crippen LogP contribution in [-0.2, 0) is 13.1 Å². The molecule has 3 aromatic rings. The Morgan fingerprint density at radius 2 is 1.73 bits per heavy atom. The summed E-state index contributed by atoms with van der Waals surface area (Å²) in [6, 6.07) is 13.4. The molecule has 1 aromatic heterocycles. The molecule has 0 saturated carbocycles. The zero-order valence-corrected chi connectivity index (χ0v) is 18.2. The Morgan fingerprint density at radius 3 is 2.40 bits per heavy atom. The van der Waals surface area contributed by atoms with Crippen LogP contribution in [-0.4, -0.2) is 24.8 Å². The Bertz CT molecular complexity index is 1020. The van der Waals surface area contributed by atoms with Crippen molar-refractivity contribution in [3.05, 3.63) is 76.6 Å². The summed E-state index contributed by atoms with van der Waals surface area (Å²) < 4.78 is 12.7. The number of methoxy groups -OCH3 is 2. The lowest BCUT2D eigenvalue weighted by molar-refractivity contribution is 0.251. The normalized spacial score (nSPS) is 10.6. The molecule has 0 unspecified atom stereocenters. The van der Waals surface area contributed by atoms with Gasteiger partial charge in [-0.25, -0.2) is 4.79 Å². The summed E-state index contributed by atoms with van der Waals surface area (Å²) in [5.74, 6) is 1.20. The second-order valence-corrected chi connectivity index (χ2v) is 7.38. The second kappa shape index (κ2) is 9.39. The summed E-state index contributed by atoms with van der Waals surface area (Å²) >= 11 is 0. The maximum atomic E-state index is 12.4. The molecule has 3 rings (SSSR count). The number of anilines is 1. The Labute approximate surface area is 177 Å². The van der Waals surface area contributed by atoms with Crippen molar-refractivity contribution in [1.82, 2.24) is 9.88 Å². The first kappa shape index (κ1) is 21.3. The molecule has 0 aliphatic carbocycles. The van der Waals surface area contributed by atoms with Crippen LogP contribution in [0, 0.1) is 20.8 Å². The fourth-order valence-corrected chi connectivity index (χ4v) is 3.63. The van der Waals surface area contributed by atoms with Crippen LogP contribution in [0.1, 0.15) is 27.9 Å². The van der Waals surface area contributed by atoms with Crippen LogP contribution in [0.5, 0.6) is 11.5 Å². The number of aryl methyl sites for hydroxylation is 3. The van der Waals surface area contributed by atoms with Gasteiger partial charge in [0.1, 0.15) is 11.5 Å². The number of carbonyl (C=O) groups excluding carboxylic acids is 1. The number of carbonyl (C=O) groups is 1. The molecule has 1 heterocycles. The molecule has 6 nitrogen and oxygen atoms in total. The number of aromatic nitrogens is 1. The van der Waals surface area contributed by atoms with E-state index in [0.29, 0.717) is 23.7 Å². The standard InChI is InChI=1S/C24H29N3O3/c1-16-11-17(2)21(18(3)12-16)15-27-10-6-7-19(27)14-25-24(28)26-22-9-8-20(29-4)13-23(22)30-5/h6-13H,14-15H2,1-5H3,(H2,25,26,28). The largest absolute Gasteiger partial charge is 0.497 e. The summed E-state index contributed by atoms with van der Waals surface area (Å²) in [5.41, 5.74) is 6.76. The van der Waals surface area contributed by atoms with Gasteiger partial charge in [-0.3, -0.25) is 0 Å². The summed E-state index contributed by atoms with van der Waals surface area (Å²) in [4.78, 5) is 12.4. The van der Waals surface area contributed by atoms with Gasteiger partial charge < -0.3 is 24.7 Å².